The number of nitrogens with one attached hydrogen (secondary N) is 1. The van der Waals surface area contributed by atoms with E-state index in [4.69, 9.17) is 4.74 Å². The predicted molar refractivity (Wildman–Crippen MR) is 84.0 cm³/mol. The fraction of sp³-hybridized carbons (Fsp3) is 0.0588. The Labute approximate surface area is 126 Å². The van der Waals surface area contributed by atoms with Crippen LogP contribution in [0.4, 0.5) is 0 Å². The van der Waals surface area contributed by atoms with E-state index in [0.717, 1.165) is 21.9 Å². The Kier molecular flexibility index (Phi) is 2.72. The summed E-state index contributed by atoms with van der Waals surface area (Å²) in [6, 6.07) is 12.8. The molecule has 2 aromatic carbocycles. The van der Waals surface area contributed by atoms with Crippen LogP contribution in [0.5, 0.6) is 5.75 Å². The average molecular weight is 291 g/mol. The average Bonchev–Trinajstić information content (AvgIpc) is 3.13. The van der Waals surface area contributed by atoms with Crippen molar-refractivity contribution in [2.24, 2.45) is 7.05 Å². The second-order valence-electron chi connectivity index (χ2n) is 5.18. The van der Waals surface area contributed by atoms with Crippen molar-refractivity contribution >= 4 is 27.9 Å². The summed E-state index contributed by atoms with van der Waals surface area (Å²) >= 11 is 0. The third-order valence-electron chi connectivity index (χ3n) is 3.70. The van der Waals surface area contributed by atoms with Gasteiger partial charge >= 0.3 is 5.97 Å². The Morgan fingerprint density at radius 1 is 1.18 bits per heavy atom. The van der Waals surface area contributed by atoms with Gasteiger partial charge in [-0.3, -0.25) is 0 Å². The number of hydrogen-bond donors (Lipinski definition) is 1. The van der Waals surface area contributed by atoms with Crippen LogP contribution in [0, 0.1) is 0 Å². The molecule has 0 saturated carbocycles. The molecule has 0 radical (unpaired) electrons. The van der Waals surface area contributed by atoms with Crippen molar-refractivity contribution in [2.75, 3.05) is 0 Å². The Bertz CT molecular complexity index is 997. The smallest absolute Gasteiger partial charge is 0.343 e. The highest BCUT2D eigenvalue weighted by Gasteiger charge is 2.11. The number of carbonyl (C=O) groups excluding carboxylic acids is 1. The maximum Gasteiger partial charge on any atom is 0.343 e. The molecule has 0 aliphatic carbocycles. The van der Waals surface area contributed by atoms with Gasteiger partial charge in [-0.25, -0.2) is 9.78 Å². The first-order valence-electron chi connectivity index (χ1n) is 6.91. The van der Waals surface area contributed by atoms with Gasteiger partial charge in [0.15, 0.2) is 0 Å². The molecule has 5 nitrogen and oxygen atoms in total. The molecule has 4 aromatic rings. The predicted octanol–water partition coefficient (Wildman–Crippen LogP) is 3.27. The quantitative estimate of drug-likeness (QED) is 0.455. The minimum absolute atomic E-state index is 0.383. The molecule has 0 spiro atoms. The summed E-state index contributed by atoms with van der Waals surface area (Å²) in [5.74, 6) is 0.106. The molecule has 0 aliphatic heterocycles. The van der Waals surface area contributed by atoms with Gasteiger partial charge in [-0.2, -0.15) is 0 Å². The zero-order chi connectivity index (χ0) is 15.1. The van der Waals surface area contributed by atoms with Crippen molar-refractivity contribution < 1.29 is 9.53 Å². The molecule has 2 heterocycles. The largest absolute Gasteiger partial charge is 0.423 e. The first kappa shape index (κ1) is 12.6. The van der Waals surface area contributed by atoms with E-state index in [2.05, 4.69) is 9.97 Å². The number of hydrogen-bond acceptors (Lipinski definition) is 3. The molecule has 2 aromatic heterocycles. The monoisotopic (exact) mass is 291 g/mol. The van der Waals surface area contributed by atoms with E-state index in [9.17, 15) is 4.79 Å². The van der Waals surface area contributed by atoms with Crippen LogP contribution >= 0.6 is 0 Å². The van der Waals surface area contributed by atoms with Gasteiger partial charge in [0.25, 0.3) is 0 Å². The number of nitrogens with zero attached hydrogens (tertiary/aromatic N) is 2. The molecule has 0 aliphatic rings. The number of ether oxygens (including phenoxy) is 1. The van der Waals surface area contributed by atoms with E-state index < -0.39 is 0 Å². The minimum atomic E-state index is -0.383. The number of carbonyl (C=O) groups is 1. The van der Waals surface area contributed by atoms with Crippen LogP contribution in [0.3, 0.4) is 0 Å². The molecule has 108 valence electrons. The summed E-state index contributed by atoms with van der Waals surface area (Å²) in [5.41, 5.74) is 3.21. The Morgan fingerprint density at radius 2 is 2.09 bits per heavy atom. The van der Waals surface area contributed by atoms with Crippen molar-refractivity contribution in [1.82, 2.24) is 14.5 Å². The molecule has 22 heavy (non-hydrogen) atoms. The topological polar surface area (TPSA) is 59.9 Å². The number of aryl methyl sites for hydroxylation is 1. The van der Waals surface area contributed by atoms with E-state index in [-0.39, 0.29) is 5.97 Å². The van der Waals surface area contributed by atoms with Crippen LogP contribution in [0.15, 0.2) is 55.0 Å². The van der Waals surface area contributed by atoms with E-state index in [1.54, 1.807) is 30.6 Å². The molecule has 4 rings (SSSR count). The molecular formula is C17H13N3O2. The first-order chi connectivity index (χ1) is 10.7. The number of H-pyrrole nitrogens is 1. The van der Waals surface area contributed by atoms with Crippen LogP contribution in [-0.2, 0) is 7.05 Å². The first-order valence-corrected chi connectivity index (χ1v) is 6.91. The highest BCUT2D eigenvalue weighted by Crippen LogP contribution is 2.21. The van der Waals surface area contributed by atoms with Crippen LogP contribution in [0.2, 0.25) is 0 Å². The summed E-state index contributed by atoms with van der Waals surface area (Å²) in [5, 5.41) is 1.06. The summed E-state index contributed by atoms with van der Waals surface area (Å²) in [7, 11) is 1.92. The standard InChI is InChI=1S/C17H13N3O2/c1-20-10-19-15-9-13(4-5-16(15)20)22-17(21)12-3-2-11-6-7-18-14(11)8-12/h2-10,18H,1H3. The fourth-order valence-corrected chi connectivity index (χ4v) is 2.52. The van der Waals surface area contributed by atoms with Crippen LogP contribution in [-0.4, -0.2) is 20.5 Å². The summed E-state index contributed by atoms with van der Waals surface area (Å²) in [6.07, 6.45) is 3.57. The second kappa shape index (κ2) is 4.73. The van der Waals surface area contributed by atoms with Gasteiger partial charge in [0.2, 0.25) is 0 Å². The third-order valence-corrected chi connectivity index (χ3v) is 3.70. The summed E-state index contributed by atoms with van der Waals surface area (Å²) < 4.78 is 7.36. The lowest BCUT2D eigenvalue weighted by molar-refractivity contribution is 0.0735. The number of fused-ring (bicyclic) bond motifs is 2. The van der Waals surface area contributed by atoms with Crippen molar-refractivity contribution in [1.29, 1.82) is 0 Å². The summed E-state index contributed by atoms with van der Waals surface area (Å²) in [4.78, 5) is 19.6. The Balaban J connectivity index is 1.64. The second-order valence-corrected chi connectivity index (χ2v) is 5.18. The normalized spacial score (nSPS) is 11.1. The van der Waals surface area contributed by atoms with E-state index in [0.29, 0.717) is 11.3 Å². The molecule has 1 N–H and O–H groups in total. The van der Waals surface area contributed by atoms with E-state index in [1.807, 2.05) is 36.0 Å². The third kappa shape index (κ3) is 2.03. The number of aromatic nitrogens is 3. The van der Waals surface area contributed by atoms with Crippen LogP contribution < -0.4 is 4.74 Å². The lowest BCUT2D eigenvalue weighted by Gasteiger charge is -2.05. The van der Waals surface area contributed by atoms with Crippen molar-refractivity contribution in [3.63, 3.8) is 0 Å². The van der Waals surface area contributed by atoms with Gasteiger partial charge < -0.3 is 14.3 Å². The zero-order valence-electron chi connectivity index (χ0n) is 11.9. The number of rotatable bonds is 2. The van der Waals surface area contributed by atoms with Gasteiger partial charge in [0.05, 0.1) is 22.9 Å². The highest BCUT2D eigenvalue weighted by molar-refractivity contribution is 5.95. The van der Waals surface area contributed by atoms with Gasteiger partial charge in [-0.05, 0) is 35.7 Å². The molecule has 0 saturated heterocycles. The lowest BCUT2D eigenvalue weighted by Crippen LogP contribution is -2.08. The van der Waals surface area contributed by atoms with Gasteiger partial charge in [0, 0.05) is 24.8 Å². The SMILES string of the molecule is Cn1cnc2cc(OC(=O)c3ccc4cc[nH]c4c3)ccc21. The van der Waals surface area contributed by atoms with Crippen LogP contribution in [0.25, 0.3) is 21.9 Å². The molecule has 5 heteroatoms. The van der Waals surface area contributed by atoms with Crippen LogP contribution in [0.1, 0.15) is 10.4 Å². The molecule has 0 fully saturated rings. The number of benzene rings is 2. The Morgan fingerprint density at radius 3 is 3.00 bits per heavy atom. The number of aromatic amines is 1. The van der Waals surface area contributed by atoms with E-state index in [1.165, 1.54) is 0 Å². The number of imidazole rings is 1. The Hall–Kier alpha value is -3.08. The molecule has 0 atom stereocenters. The van der Waals surface area contributed by atoms with Crippen molar-refractivity contribution in [3.05, 3.63) is 60.6 Å². The maximum absolute atomic E-state index is 12.3. The molecular weight excluding hydrogens is 278 g/mol. The lowest BCUT2D eigenvalue weighted by atomic mass is 10.1. The molecule has 0 bridgehead atoms. The zero-order valence-corrected chi connectivity index (χ0v) is 11.9. The van der Waals surface area contributed by atoms with E-state index >= 15 is 0 Å². The molecule has 0 unspecified atom stereocenters. The van der Waals surface area contributed by atoms with Gasteiger partial charge in [-0.1, -0.05) is 6.07 Å². The minimum Gasteiger partial charge on any atom is -0.423 e. The molecule has 0 amide bonds. The maximum atomic E-state index is 12.3. The van der Waals surface area contributed by atoms with Crippen molar-refractivity contribution in [2.45, 2.75) is 0 Å². The van der Waals surface area contributed by atoms with Crippen molar-refractivity contribution in [3.8, 4) is 5.75 Å². The van der Waals surface area contributed by atoms with Gasteiger partial charge in [-0.15, -0.1) is 0 Å². The number of esters is 1. The summed E-state index contributed by atoms with van der Waals surface area (Å²) in [6.45, 7) is 0. The highest BCUT2D eigenvalue weighted by atomic mass is 16.5. The van der Waals surface area contributed by atoms with Gasteiger partial charge in [0.1, 0.15) is 5.75 Å². The fourth-order valence-electron chi connectivity index (χ4n) is 2.52.